The number of nitrogens with zero attached hydrogens (tertiary/aromatic N) is 5. The molecule has 1 aliphatic rings. The minimum Gasteiger partial charge on any atom is -0.458 e. The molecule has 2 radical (unpaired) electrons. The summed E-state index contributed by atoms with van der Waals surface area (Å²) in [5.41, 5.74) is 2.62. The van der Waals surface area contributed by atoms with Gasteiger partial charge in [0.1, 0.15) is 23.5 Å². The quantitative estimate of drug-likeness (QED) is 0.284. The highest BCUT2D eigenvalue weighted by atomic mass is 16.5. The third-order valence-corrected chi connectivity index (χ3v) is 4.98. The summed E-state index contributed by atoms with van der Waals surface area (Å²) < 4.78 is 7.76. The second-order valence-corrected chi connectivity index (χ2v) is 6.79. The van der Waals surface area contributed by atoms with Crippen LogP contribution in [0.1, 0.15) is 13.3 Å². The molecule has 1 aromatic carbocycles. The van der Waals surface area contributed by atoms with Gasteiger partial charge in [-0.05, 0) is 62.4 Å². The van der Waals surface area contributed by atoms with E-state index in [1.54, 1.807) is 24.7 Å². The lowest BCUT2D eigenvalue weighted by Gasteiger charge is -2.38. The van der Waals surface area contributed by atoms with Crippen molar-refractivity contribution in [1.29, 1.82) is 0 Å². The van der Waals surface area contributed by atoms with Crippen LogP contribution in [0, 0.1) is 12.3 Å². The van der Waals surface area contributed by atoms with Crippen LogP contribution in [0.2, 0.25) is 0 Å². The Labute approximate surface area is 171 Å². The zero-order valence-electron chi connectivity index (χ0n) is 16.2. The summed E-state index contributed by atoms with van der Waals surface area (Å²) in [6.07, 6.45) is 14.9. The molecule has 0 amide bonds. The van der Waals surface area contributed by atoms with E-state index in [9.17, 15) is 0 Å². The van der Waals surface area contributed by atoms with Gasteiger partial charge in [-0.2, -0.15) is 5.10 Å². The highest BCUT2D eigenvalue weighted by Gasteiger charge is 2.25. The maximum Gasteiger partial charge on any atom is 0.182 e. The van der Waals surface area contributed by atoms with Crippen molar-refractivity contribution < 1.29 is 4.74 Å². The average Bonchev–Trinajstić information content (AvgIpc) is 3.13. The Bertz CT molecular complexity index is 1110. The molecule has 0 aliphatic carbocycles. The Hall–Kier alpha value is -3.37. The number of hydrogen-bond acceptors (Lipinski definition) is 5. The first-order valence-electron chi connectivity index (χ1n) is 9.44. The number of rotatable bonds is 6. The molecule has 3 heterocycles. The van der Waals surface area contributed by atoms with Gasteiger partial charge in [0.15, 0.2) is 13.6 Å². The van der Waals surface area contributed by atoms with E-state index in [2.05, 4.69) is 15.9 Å². The Morgan fingerprint density at radius 2 is 2.21 bits per heavy atom. The van der Waals surface area contributed by atoms with Gasteiger partial charge in [0, 0.05) is 17.8 Å². The molecule has 2 aromatic heterocycles. The van der Waals surface area contributed by atoms with Crippen LogP contribution in [-0.4, -0.2) is 45.1 Å². The first-order valence-corrected chi connectivity index (χ1v) is 9.44. The SMILES string of the molecule is [B]N1CC[C@@H]1Cn1nc(-c2ccc(OC(/C=C\C#C)=C/C)cc2)c2cncnc21. The van der Waals surface area contributed by atoms with Gasteiger partial charge in [-0.25, -0.2) is 14.6 Å². The van der Waals surface area contributed by atoms with E-state index < -0.39 is 0 Å². The largest absolute Gasteiger partial charge is 0.458 e. The van der Waals surface area contributed by atoms with Crippen molar-refractivity contribution in [2.75, 3.05) is 6.54 Å². The van der Waals surface area contributed by atoms with Crippen LogP contribution in [0.4, 0.5) is 0 Å². The Morgan fingerprint density at radius 1 is 1.38 bits per heavy atom. The van der Waals surface area contributed by atoms with E-state index in [0.717, 1.165) is 41.0 Å². The van der Waals surface area contributed by atoms with Gasteiger partial charge in [-0.1, -0.05) is 5.92 Å². The standard InChI is InChI=1S/C22H20BN5O/c1-3-5-6-18(4-2)29-19-9-7-16(8-10-19)21-20-13-24-15-25-22(20)28(26-21)14-17-11-12-27(17)23/h1,4-10,13,15,17H,11-12,14H2,2H3/b6-5-,18-4+/t17-/m1/s1. The van der Waals surface area contributed by atoms with E-state index in [1.807, 2.05) is 46.8 Å². The van der Waals surface area contributed by atoms with Gasteiger partial charge in [0.25, 0.3) is 0 Å². The van der Waals surface area contributed by atoms with Gasteiger partial charge in [-0.3, -0.25) is 0 Å². The summed E-state index contributed by atoms with van der Waals surface area (Å²) in [4.78, 5) is 10.5. The van der Waals surface area contributed by atoms with Crippen molar-refractivity contribution in [2.24, 2.45) is 0 Å². The van der Waals surface area contributed by atoms with Crippen molar-refractivity contribution in [3.8, 4) is 29.4 Å². The van der Waals surface area contributed by atoms with Crippen molar-refractivity contribution in [3.05, 3.63) is 60.8 Å². The number of terminal acetylenes is 1. The van der Waals surface area contributed by atoms with Gasteiger partial charge in [0.05, 0.1) is 11.9 Å². The highest BCUT2D eigenvalue weighted by molar-refractivity contribution is 6.05. The topological polar surface area (TPSA) is 56.1 Å². The Kier molecular flexibility index (Phi) is 5.45. The molecule has 7 heteroatoms. The smallest absolute Gasteiger partial charge is 0.182 e. The molecule has 0 unspecified atom stereocenters. The molecule has 4 rings (SSSR count). The molecule has 6 nitrogen and oxygen atoms in total. The predicted octanol–water partition coefficient (Wildman–Crippen LogP) is 3.12. The maximum atomic E-state index is 5.96. The van der Waals surface area contributed by atoms with Crippen LogP contribution >= 0.6 is 0 Å². The van der Waals surface area contributed by atoms with E-state index in [4.69, 9.17) is 24.2 Å². The maximum absolute atomic E-state index is 5.96. The normalized spacial score (nSPS) is 17.4. The van der Waals surface area contributed by atoms with Crippen LogP contribution in [0.25, 0.3) is 22.3 Å². The molecule has 1 atom stereocenters. The number of allylic oxidation sites excluding steroid dienone is 3. The van der Waals surface area contributed by atoms with E-state index in [0.29, 0.717) is 12.3 Å². The van der Waals surface area contributed by atoms with Crippen molar-refractivity contribution in [2.45, 2.75) is 25.9 Å². The van der Waals surface area contributed by atoms with E-state index >= 15 is 0 Å². The number of aromatic nitrogens is 4. The first kappa shape index (κ1) is 19.0. The van der Waals surface area contributed by atoms with Crippen molar-refractivity contribution in [1.82, 2.24) is 24.6 Å². The molecule has 1 aliphatic heterocycles. The summed E-state index contributed by atoms with van der Waals surface area (Å²) in [6, 6.07) is 8.05. The fourth-order valence-electron chi connectivity index (χ4n) is 3.25. The molecule has 29 heavy (non-hydrogen) atoms. The van der Waals surface area contributed by atoms with Crippen LogP contribution in [-0.2, 0) is 6.54 Å². The number of benzene rings is 1. The fraction of sp³-hybridized carbons (Fsp3) is 0.227. The third-order valence-electron chi connectivity index (χ3n) is 4.98. The Balaban J connectivity index is 1.61. The lowest BCUT2D eigenvalue weighted by atomic mass is 9.98. The summed E-state index contributed by atoms with van der Waals surface area (Å²) >= 11 is 0. The average molecular weight is 381 g/mol. The summed E-state index contributed by atoms with van der Waals surface area (Å²) in [7, 11) is 5.96. The van der Waals surface area contributed by atoms with Gasteiger partial charge in [0.2, 0.25) is 0 Å². The first-order chi connectivity index (χ1) is 14.2. The van der Waals surface area contributed by atoms with Gasteiger partial charge in [-0.15, -0.1) is 6.42 Å². The van der Waals surface area contributed by atoms with Crippen LogP contribution < -0.4 is 4.74 Å². The number of fused-ring (bicyclic) bond motifs is 1. The van der Waals surface area contributed by atoms with Crippen LogP contribution in [0.3, 0.4) is 0 Å². The summed E-state index contributed by atoms with van der Waals surface area (Å²) in [5, 5.41) is 5.72. The monoisotopic (exact) mass is 381 g/mol. The van der Waals surface area contributed by atoms with Crippen LogP contribution in [0.5, 0.6) is 5.75 Å². The molecule has 0 spiro atoms. The highest BCUT2D eigenvalue weighted by Crippen LogP contribution is 2.29. The summed E-state index contributed by atoms with van der Waals surface area (Å²) in [6.45, 7) is 3.52. The molecule has 3 aromatic rings. The lowest BCUT2D eigenvalue weighted by molar-refractivity contribution is 0.181. The lowest BCUT2D eigenvalue weighted by Crippen LogP contribution is -2.48. The number of hydrogen-bond donors (Lipinski definition) is 0. The van der Waals surface area contributed by atoms with Crippen LogP contribution in [0.15, 0.2) is 60.8 Å². The second-order valence-electron chi connectivity index (χ2n) is 6.79. The van der Waals surface area contributed by atoms with Crippen molar-refractivity contribution >= 4 is 19.0 Å². The fourth-order valence-corrected chi connectivity index (χ4v) is 3.25. The zero-order chi connectivity index (χ0) is 20.2. The minimum absolute atomic E-state index is 0.284. The molecule has 1 saturated heterocycles. The molecular formula is C22H20BN5O. The van der Waals surface area contributed by atoms with Gasteiger partial charge >= 0.3 is 0 Å². The number of ether oxygens (including phenoxy) is 1. The van der Waals surface area contributed by atoms with Crippen molar-refractivity contribution in [3.63, 3.8) is 0 Å². The third kappa shape index (κ3) is 3.93. The zero-order valence-corrected chi connectivity index (χ0v) is 16.2. The van der Waals surface area contributed by atoms with E-state index in [-0.39, 0.29) is 6.04 Å². The molecule has 142 valence electrons. The predicted molar refractivity (Wildman–Crippen MR) is 114 cm³/mol. The Morgan fingerprint density at radius 3 is 2.86 bits per heavy atom. The summed E-state index contributed by atoms with van der Waals surface area (Å²) in [5.74, 6) is 3.86. The molecular weight excluding hydrogens is 361 g/mol. The minimum atomic E-state index is 0.284. The molecule has 0 saturated carbocycles. The molecule has 0 N–H and O–H groups in total. The molecule has 0 bridgehead atoms. The molecule has 1 fully saturated rings. The van der Waals surface area contributed by atoms with E-state index in [1.165, 1.54) is 0 Å². The van der Waals surface area contributed by atoms with Gasteiger partial charge < -0.3 is 9.55 Å². The second kappa shape index (κ2) is 8.33.